The summed E-state index contributed by atoms with van der Waals surface area (Å²) >= 11 is 6.08. The van der Waals surface area contributed by atoms with Crippen LogP contribution < -0.4 is 4.72 Å². The predicted molar refractivity (Wildman–Crippen MR) is 227 cm³/mol. The summed E-state index contributed by atoms with van der Waals surface area (Å²) in [5.74, 6) is -4.67. The molecule has 3 aliphatic heterocycles. The van der Waals surface area contributed by atoms with Gasteiger partial charge in [-0.15, -0.1) is 0 Å². The Hall–Kier alpha value is -1.55. The number of rotatable bonds is 10. The van der Waals surface area contributed by atoms with Crippen LogP contribution in [0.5, 0.6) is 0 Å². The maximum atomic E-state index is 14.4. The Labute approximate surface area is 367 Å². The number of hydrogen-bond acceptors (Lipinski definition) is 15. The molecule has 0 saturated carbocycles. The number of aliphatic hydroxyl groups is 5. The average Bonchev–Trinajstić information content (AvgIpc) is 3.18. The highest BCUT2D eigenvalue weighted by Gasteiger charge is 2.54. The van der Waals surface area contributed by atoms with Gasteiger partial charge in [-0.25, -0.2) is 13.1 Å². The van der Waals surface area contributed by atoms with E-state index in [-0.39, 0.29) is 36.3 Å². The highest BCUT2D eigenvalue weighted by Crippen LogP contribution is 2.41. The molecule has 3 aliphatic rings. The van der Waals surface area contributed by atoms with Gasteiger partial charge in [0.2, 0.25) is 10.0 Å². The number of benzene rings is 1. The van der Waals surface area contributed by atoms with Crippen molar-refractivity contribution in [3.63, 3.8) is 0 Å². The molecule has 3 heterocycles. The molecular formula is C43H73ClN2O14S. The summed E-state index contributed by atoms with van der Waals surface area (Å²) in [6.45, 7) is 16.4. The molecule has 19 atom stereocenters. The molecule has 0 amide bonds. The number of halogens is 1. The van der Waals surface area contributed by atoms with E-state index in [0.29, 0.717) is 11.4 Å². The van der Waals surface area contributed by atoms with E-state index in [4.69, 9.17) is 40.0 Å². The van der Waals surface area contributed by atoms with Crippen molar-refractivity contribution in [3.8, 4) is 0 Å². The number of sulfonamides is 1. The van der Waals surface area contributed by atoms with E-state index in [1.165, 1.54) is 45.2 Å². The van der Waals surface area contributed by atoms with E-state index in [9.17, 15) is 38.7 Å². The molecule has 0 aromatic heterocycles. The van der Waals surface area contributed by atoms with E-state index < -0.39 is 118 Å². The fourth-order valence-corrected chi connectivity index (χ4v) is 11.3. The van der Waals surface area contributed by atoms with Crippen LogP contribution in [0.15, 0.2) is 29.2 Å². The fraction of sp³-hybridized carbons (Fsp3) is 0.837. The van der Waals surface area contributed by atoms with Crippen molar-refractivity contribution in [3.05, 3.63) is 29.3 Å². The number of hydrogen-bond donors (Lipinski definition) is 6. The minimum atomic E-state index is -4.29. The summed E-state index contributed by atoms with van der Waals surface area (Å²) < 4.78 is 68.4. The van der Waals surface area contributed by atoms with Gasteiger partial charge < -0.3 is 58.9 Å². The van der Waals surface area contributed by atoms with Crippen LogP contribution in [0.1, 0.15) is 94.9 Å². The van der Waals surface area contributed by atoms with Crippen LogP contribution in [0.2, 0.25) is 5.02 Å². The number of nitrogens with zero attached hydrogens (tertiary/aromatic N) is 1. The molecule has 1 aromatic rings. The third-order valence-electron chi connectivity index (χ3n) is 13.5. The number of ether oxygens (including phenoxy) is 6. The third-order valence-corrected chi connectivity index (χ3v) is 15.2. The third kappa shape index (κ3) is 11.6. The summed E-state index contributed by atoms with van der Waals surface area (Å²) in [6.07, 6.45) is -10.5. The Morgan fingerprint density at radius 2 is 1.52 bits per heavy atom. The molecule has 0 bridgehead atoms. The summed E-state index contributed by atoms with van der Waals surface area (Å²) in [6, 6.07) is 4.03. The molecule has 16 nitrogen and oxygen atoms in total. The lowest BCUT2D eigenvalue weighted by atomic mass is 9.72. The Morgan fingerprint density at radius 1 is 0.918 bits per heavy atom. The van der Waals surface area contributed by atoms with E-state index in [1.54, 1.807) is 48.5 Å². The summed E-state index contributed by atoms with van der Waals surface area (Å²) in [5, 5.41) is 60.0. The van der Waals surface area contributed by atoms with E-state index in [2.05, 4.69) is 4.72 Å². The molecule has 18 heteroatoms. The lowest BCUT2D eigenvalue weighted by Crippen LogP contribution is -2.62. The first kappa shape index (κ1) is 52.1. The van der Waals surface area contributed by atoms with Crippen LogP contribution in [-0.2, 0) is 43.2 Å². The van der Waals surface area contributed by atoms with Gasteiger partial charge in [-0.2, -0.15) is 0 Å². The smallest absolute Gasteiger partial charge is 0.311 e. The Kier molecular flexibility index (Phi) is 17.3. The van der Waals surface area contributed by atoms with Crippen molar-refractivity contribution in [1.29, 1.82) is 0 Å². The van der Waals surface area contributed by atoms with Crippen LogP contribution in [0.25, 0.3) is 0 Å². The molecule has 0 spiro atoms. The van der Waals surface area contributed by atoms with Crippen molar-refractivity contribution in [2.24, 2.45) is 23.7 Å². The maximum absolute atomic E-state index is 14.4. The lowest BCUT2D eigenvalue weighted by Gasteiger charge is -2.49. The molecule has 0 aliphatic carbocycles. The Bertz CT molecular complexity index is 1700. The quantitative estimate of drug-likeness (QED) is 0.186. The number of carbonyl (C=O) groups excluding carboxylic acids is 1. The zero-order valence-electron chi connectivity index (χ0n) is 38.0. The maximum Gasteiger partial charge on any atom is 0.311 e. The second-order valence-corrected chi connectivity index (χ2v) is 21.0. The van der Waals surface area contributed by atoms with Gasteiger partial charge >= 0.3 is 5.97 Å². The van der Waals surface area contributed by atoms with Gasteiger partial charge in [0.05, 0.1) is 52.5 Å². The number of nitrogens with one attached hydrogen (secondary N) is 1. The standard InChI is InChI=1S/C43H73ClN2O14S/c1-14-31-43(10,52)36(48)24(4)33(45-61(53,54)29-17-15-28(44)16-18-29)22(2)20-41(8,51)38(60-40-34(47)30(46(11)12)19-23(3)56-40)25(5)35(26(6)39(50)58-31)59-32-21-42(9,55-13)37(49)27(7)57-32/h15-18,22-27,30-38,40,45,47-49,51-52H,14,19-21H2,1-13H3. The van der Waals surface area contributed by atoms with Gasteiger partial charge in [-0.1, -0.05) is 39.3 Å². The van der Waals surface area contributed by atoms with Gasteiger partial charge in [0.15, 0.2) is 12.6 Å². The van der Waals surface area contributed by atoms with Gasteiger partial charge in [0.1, 0.15) is 23.9 Å². The number of esters is 1. The number of methoxy groups -OCH3 is 1. The van der Waals surface area contributed by atoms with Crippen molar-refractivity contribution in [2.75, 3.05) is 21.2 Å². The van der Waals surface area contributed by atoms with E-state index in [0.717, 1.165) is 0 Å². The Morgan fingerprint density at radius 3 is 2.08 bits per heavy atom. The second kappa shape index (κ2) is 20.3. The van der Waals surface area contributed by atoms with Crippen LogP contribution in [0.3, 0.4) is 0 Å². The van der Waals surface area contributed by atoms with Gasteiger partial charge in [0.25, 0.3) is 0 Å². The summed E-state index contributed by atoms with van der Waals surface area (Å²) in [5.41, 5.74) is -5.09. The molecule has 3 saturated heterocycles. The SMILES string of the molecule is CCC1OC(=O)C(C)C(OC2CC(C)(OC)C(O)C(C)O2)C(C)C(OC2OC(C)CC(N(C)C)C2O)C(C)(O)CC(C)C(NS(=O)(=O)c2ccc(Cl)cc2)C(C)C(O)C1(C)O. The van der Waals surface area contributed by atoms with Crippen molar-refractivity contribution in [1.82, 2.24) is 9.62 Å². The van der Waals surface area contributed by atoms with Crippen LogP contribution >= 0.6 is 11.6 Å². The van der Waals surface area contributed by atoms with Crippen molar-refractivity contribution in [2.45, 2.75) is 190 Å². The Balaban J connectivity index is 1.91. The van der Waals surface area contributed by atoms with E-state index in [1.807, 2.05) is 25.9 Å². The second-order valence-electron chi connectivity index (χ2n) is 18.8. The fourth-order valence-electron chi connectivity index (χ4n) is 9.69. The minimum Gasteiger partial charge on any atom is -0.459 e. The van der Waals surface area contributed by atoms with Crippen LogP contribution in [0, 0.1) is 23.7 Å². The first-order valence-corrected chi connectivity index (χ1v) is 23.3. The van der Waals surface area contributed by atoms with Gasteiger partial charge in [0, 0.05) is 42.5 Å². The molecule has 6 N–H and O–H groups in total. The number of aliphatic hydroxyl groups excluding tert-OH is 3. The van der Waals surface area contributed by atoms with Crippen molar-refractivity contribution >= 4 is 27.6 Å². The molecule has 0 radical (unpaired) electrons. The summed E-state index contributed by atoms with van der Waals surface area (Å²) in [4.78, 5) is 16.2. The monoisotopic (exact) mass is 908 g/mol. The highest BCUT2D eigenvalue weighted by molar-refractivity contribution is 7.89. The first-order valence-electron chi connectivity index (χ1n) is 21.4. The van der Waals surface area contributed by atoms with Crippen LogP contribution in [0.4, 0.5) is 0 Å². The number of likely N-dealkylation sites (N-methyl/N-ethyl adjacent to an activating group) is 1. The lowest BCUT2D eigenvalue weighted by molar-refractivity contribution is -0.318. The highest BCUT2D eigenvalue weighted by atomic mass is 35.5. The average molecular weight is 910 g/mol. The van der Waals surface area contributed by atoms with E-state index >= 15 is 0 Å². The first-order chi connectivity index (χ1) is 28.1. The topological polar surface area (TPSA) is 223 Å². The normalized spacial score (nSPS) is 45.0. The molecule has 352 valence electrons. The largest absolute Gasteiger partial charge is 0.459 e. The van der Waals surface area contributed by atoms with Gasteiger partial charge in [-0.3, -0.25) is 4.79 Å². The minimum absolute atomic E-state index is 0.0528. The molecule has 4 rings (SSSR count). The molecule has 19 unspecified atom stereocenters. The molecule has 3 fully saturated rings. The zero-order valence-corrected chi connectivity index (χ0v) is 39.6. The number of carbonyl (C=O) groups is 1. The summed E-state index contributed by atoms with van der Waals surface area (Å²) in [7, 11) is 0.842. The van der Waals surface area contributed by atoms with Crippen LogP contribution in [-0.4, -0.2) is 156 Å². The molecule has 61 heavy (non-hydrogen) atoms. The van der Waals surface area contributed by atoms with Gasteiger partial charge in [-0.05, 0) is 105 Å². The zero-order chi connectivity index (χ0) is 46.2. The number of cyclic esters (lactones) is 1. The molecular weight excluding hydrogens is 836 g/mol. The predicted octanol–water partition coefficient (Wildman–Crippen LogP) is 3.22. The molecule has 1 aromatic carbocycles. The van der Waals surface area contributed by atoms with Crippen molar-refractivity contribution < 1.29 is 67.2 Å².